The number of aliphatic hydroxyl groups excluding tert-OH is 1. The minimum absolute atomic E-state index is 0. The molecule has 0 saturated carbocycles. The topological polar surface area (TPSA) is 84.9 Å². The number of likely N-dealkylation sites (N-methyl/N-ethyl adjacent to an activating group) is 1. The SMILES string of the molecule is CN1CCN(C(=O)Cc2ccc(NC(=O)C3CC(O)CN3)cc2)CC1.Cl.Cl. The summed E-state index contributed by atoms with van der Waals surface area (Å²) < 4.78 is 0. The van der Waals surface area contributed by atoms with Crippen LogP contribution in [-0.2, 0) is 16.0 Å². The van der Waals surface area contributed by atoms with Crippen LogP contribution in [0, 0.1) is 0 Å². The number of aliphatic hydroxyl groups is 1. The Kier molecular flexibility index (Phi) is 9.49. The highest BCUT2D eigenvalue weighted by Crippen LogP contribution is 2.14. The van der Waals surface area contributed by atoms with Crippen molar-refractivity contribution < 1.29 is 14.7 Å². The molecule has 0 aliphatic carbocycles. The van der Waals surface area contributed by atoms with Gasteiger partial charge in [0.05, 0.1) is 18.6 Å². The zero-order valence-electron chi connectivity index (χ0n) is 15.4. The van der Waals surface area contributed by atoms with Gasteiger partial charge in [-0.15, -0.1) is 24.8 Å². The van der Waals surface area contributed by atoms with Gasteiger partial charge < -0.3 is 25.5 Å². The molecule has 7 nitrogen and oxygen atoms in total. The highest BCUT2D eigenvalue weighted by Gasteiger charge is 2.28. The average Bonchev–Trinajstić information content (AvgIpc) is 3.04. The second kappa shape index (κ2) is 10.8. The van der Waals surface area contributed by atoms with E-state index in [0.29, 0.717) is 25.1 Å². The lowest BCUT2D eigenvalue weighted by Gasteiger charge is -2.32. The normalized spacial score (nSPS) is 22.5. The number of piperazine rings is 1. The molecule has 2 atom stereocenters. The molecule has 2 unspecified atom stereocenters. The molecule has 2 aliphatic rings. The minimum Gasteiger partial charge on any atom is -0.392 e. The summed E-state index contributed by atoms with van der Waals surface area (Å²) in [5, 5.41) is 15.3. The molecule has 3 rings (SSSR count). The summed E-state index contributed by atoms with van der Waals surface area (Å²) in [4.78, 5) is 28.6. The van der Waals surface area contributed by atoms with Crippen LogP contribution in [0.1, 0.15) is 12.0 Å². The Hall–Kier alpha value is -1.38. The number of carbonyl (C=O) groups excluding carboxylic acids is 2. The third kappa shape index (κ3) is 6.62. The fourth-order valence-corrected chi connectivity index (χ4v) is 3.19. The molecule has 0 radical (unpaired) electrons. The lowest BCUT2D eigenvalue weighted by Crippen LogP contribution is -2.47. The summed E-state index contributed by atoms with van der Waals surface area (Å²) in [6.45, 7) is 3.85. The van der Waals surface area contributed by atoms with Crippen molar-refractivity contribution in [3.05, 3.63) is 29.8 Å². The predicted molar refractivity (Wildman–Crippen MR) is 110 cm³/mol. The van der Waals surface area contributed by atoms with Gasteiger partial charge in [0.25, 0.3) is 0 Å². The molecule has 2 aliphatic heterocycles. The van der Waals surface area contributed by atoms with Crippen LogP contribution in [0.5, 0.6) is 0 Å². The fraction of sp³-hybridized carbons (Fsp3) is 0.556. The molecule has 9 heteroatoms. The highest BCUT2D eigenvalue weighted by molar-refractivity contribution is 5.95. The molecule has 27 heavy (non-hydrogen) atoms. The highest BCUT2D eigenvalue weighted by atomic mass is 35.5. The van der Waals surface area contributed by atoms with Crippen LogP contribution in [0.3, 0.4) is 0 Å². The van der Waals surface area contributed by atoms with E-state index in [2.05, 4.69) is 22.6 Å². The Balaban J connectivity index is 0.00000182. The third-order valence-electron chi connectivity index (χ3n) is 4.86. The van der Waals surface area contributed by atoms with Gasteiger partial charge >= 0.3 is 0 Å². The van der Waals surface area contributed by atoms with E-state index in [1.807, 2.05) is 29.2 Å². The number of benzene rings is 1. The Labute approximate surface area is 172 Å². The van der Waals surface area contributed by atoms with Crippen LogP contribution in [0.4, 0.5) is 5.69 Å². The Bertz CT molecular complexity index is 622. The van der Waals surface area contributed by atoms with E-state index in [1.165, 1.54) is 0 Å². The van der Waals surface area contributed by atoms with Crippen molar-refractivity contribution >= 4 is 42.3 Å². The molecule has 2 fully saturated rings. The zero-order chi connectivity index (χ0) is 17.8. The third-order valence-corrected chi connectivity index (χ3v) is 4.86. The van der Waals surface area contributed by atoms with E-state index in [1.54, 1.807) is 0 Å². The summed E-state index contributed by atoms with van der Waals surface area (Å²) in [5.41, 5.74) is 1.64. The van der Waals surface area contributed by atoms with Crippen LogP contribution in [-0.4, -0.2) is 78.6 Å². The average molecular weight is 419 g/mol. The molecule has 0 spiro atoms. The first kappa shape index (κ1) is 23.7. The van der Waals surface area contributed by atoms with Gasteiger partial charge in [-0.2, -0.15) is 0 Å². The van der Waals surface area contributed by atoms with Crippen LogP contribution in [0.15, 0.2) is 24.3 Å². The number of carbonyl (C=O) groups is 2. The van der Waals surface area contributed by atoms with Gasteiger partial charge in [-0.1, -0.05) is 12.1 Å². The number of β-amino-alcohol motifs (C(OH)–C–C–N with tert-alkyl or cyclic N) is 1. The fourth-order valence-electron chi connectivity index (χ4n) is 3.19. The number of hydrogen-bond donors (Lipinski definition) is 3. The van der Waals surface area contributed by atoms with Gasteiger partial charge in [0.2, 0.25) is 11.8 Å². The van der Waals surface area contributed by atoms with Crippen molar-refractivity contribution in [2.24, 2.45) is 0 Å². The number of anilines is 1. The smallest absolute Gasteiger partial charge is 0.241 e. The molecule has 2 saturated heterocycles. The Morgan fingerprint density at radius 3 is 2.33 bits per heavy atom. The van der Waals surface area contributed by atoms with Crippen LogP contribution < -0.4 is 10.6 Å². The van der Waals surface area contributed by atoms with Gasteiger partial charge in [-0.05, 0) is 31.2 Å². The van der Waals surface area contributed by atoms with Crippen molar-refractivity contribution in [2.75, 3.05) is 45.1 Å². The molecule has 3 N–H and O–H groups in total. The molecule has 1 aromatic carbocycles. The largest absolute Gasteiger partial charge is 0.392 e. The van der Waals surface area contributed by atoms with E-state index in [-0.39, 0.29) is 42.7 Å². The van der Waals surface area contributed by atoms with Gasteiger partial charge in [0.1, 0.15) is 0 Å². The van der Waals surface area contributed by atoms with E-state index < -0.39 is 6.10 Å². The summed E-state index contributed by atoms with van der Waals surface area (Å²) >= 11 is 0. The number of hydrogen-bond acceptors (Lipinski definition) is 5. The van der Waals surface area contributed by atoms with E-state index >= 15 is 0 Å². The van der Waals surface area contributed by atoms with E-state index in [4.69, 9.17) is 0 Å². The maximum Gasteiger partial charge on any atom is 0.241 e. The Morgan fingerprint density at radius 1 is 1.15 bits per heavy atom. The molecule has 0 bridgehead atoms. The summed E-state index contributed by atoms with van der Waals surface area (Å²) in [5.74, 6) is 0.00633. The lowest BCUT2D eigenvalue weighted by atomic mass is 10.1. The number of rotatable bonds is 4. The van der Waals surface area contributed by atoms with Gasteiger partial charge in [0.15, 0.2) is 0 Å². The standard InChI is InChI=1S/C18H26N4O3.2ClH/c1-21-6-8-22(9-7-21)17(24)10-13-2-4-14(5-3-13)20-18(25)16-11-15(23)12-19-16;;/h2-5,15-16,19,23H,6-12H2,1H3,(H,20,25);2*1H. The van der Waals surface area contributed by atoms with Crippen LogP contribution in [0.2, 0.25) is 0 Å². The van der Waals surface area contributed by atoms with E-state index in [9.17, 15) is 14.7 Å². The van der Waals surface area contributed by atoms with Crippen molar-refractivity contribution in [3.63, 3.8) is 0 Å². The van der Waals surface area contributed by atoms with E-state index in [0.717, 1.165) is 31.7 Å². The second-order valence-electron chi connectivity index (χ2n) is 6.90. The first-order chi connectivity index (χ1) is 12.0. The van der Waals surface area contributed by atoms with Crippen molar-refractivity contribution in [1.29, 1.82) is 0 Å². The van der Waals surface area contributed by atoms with Crippen LogP contribution in [0.25, 0.3) is 0 Å². The second-order valence-corrected chi connectivity index (χ2v) is 6.90. The zero-order valence-corrected chi connectivity index (χ0v) is 17.0. The quantitative estimate of drug-likeness (QED) is 0.663. The van der Waals surface area contributed by atoms with Gasteiger partial charge in [-0.25, -0.2) is 0 Å². The molecule has 1 aromatic rings. The number of halogens is 2. The first-order valence-electron chi connectivity index (χ1n) is 8.79. The summed E-state index contributed by atoms with van der Waals surface area (Å²) in [6, 6.07) is 7.03. The number of nitrogens with zero attached hydrogens (tertiary/aromatic N) is 2. The van der Waals surface area contributed by atoms with Crippen molar-refractivity contribution in [2.45, 2.75) is 25.0 Å². The molecule has 2 amide bonds. The Morgan fingerprint density at radius 2 is 1.78 bits per heavy atom. The first-order valence-corrected chi connectivity index (χ1v) is 8.79. The predicted octanol–water partition coefficient (Wildman–Crippen LogP) is 0.508. The minimum atomic E-state index is -0.460. The molecule has 0 aromatic heterocycles. The van der Waals surface area contributed by atoms with Crippen LogP contribution >= 0.6 is 24.8 Å². The molecule has 2 heterocycles. The number of nitrogens with one attached hydrogen (secondary N) is 2. The lowest BCUT2D eigenvalue weighted by molar-refractivity contribution is -0.132. The summed E-state index contributed by atoms with van der Waals surface area (Å²) in [6.07, 6.45) is 0.358. The number of amides is 2. The molecular formula is C18H28Cl2N4O3. The molecular weight excluding hydrogens is 391 g/mol. The molecule has 152 valence electrons. The van der Waals surface area contributed by atoms with Crippen molar-refractivity contribution in [3.8, 4) is 0 Å². The maximum absolute atomic E-state index is 12.3. The van der Waals surface area contributed by atoms with Crippen molar-refractivity contribution in [1.82, 2.24) is 15.1 Å². The maximum atomic E-state index is 12.3. The van der Waals surface area contributed by atoms with Gasteiger partial charge in [0, 0.05) is 38.4 Å². The summed E-state index contributed by atoms with van der Waals surface area (Å²) in [7, 11) is 2.07. The monoisotopic (exact) mass is 418 g/mol. The van der Waals surface area contributed by atoms with Gasteiger partial charge in [-0.3, -0.25) is 9.59 Å².